The van der Waals surface area contributed by atoms with Crippen molar-refractivity contribution in [3.05, 3.63) is 0 Å². The maximum absolute atomic E-state index is 12.8. The quantitative estimate of drug-likeness (QED) is 0.639. The number of carbonyl (C=O) groups is 2. The van der Waals surface area contributed by atoms with Gasteiger partial charge < -0.3 is 19.3 Å². The number of hydrogen-bond donors (Lipinski definition) is 0. The van der Waals surface area contributed by atoms with Crippen molar-refractivity contribution in [1.29, 1.82) is 0 Å². The Hall–Kier alpha value is -1.32. The summed E-state index contributed by atoms with van der Waals surface area (Å²) < 4.78 is 10.5. The molecule has 0 spiro atoms. The predicted molar refractivity (Wildman–Crippen MR) is 82.2 cm³/mol. The van der Waals surface area contributed by atoms with Gasteiger partial charge in [-0.3, -0.25) is 4.99 Å². The van der Waals surface area contributed by atoms with Gasteiger partial charge in [0.2, 0.25) is 0 Å². The first-order chi connectivity index (χ1) is 10.8. The van der Waals surface area contributed by atoms with Crippen LogP contribution in [0, 0.1) is 0 Å². The van der Waals surface area contributed by atoms with Crippen molar-refractivity contribution in [3.8, 4) is 0 Å². The van der Waals surface area contributed by atoms with Gasteiger partial charge in [-0.1, -0.05) is 11.8 Å². The number of ether oxygens (including phenoxy) is 2. The molecule has 0 unspecified atom stereocenters. The van der Waals surface area contributed by atoms with Crippen molar-refractivity contribution in [1.82, 2.24) is 14.7 Å². The minimum absolute atomic E-state index is 0.298. The molecule has 0 radical (unpaired) electrons. The van der Waals surface area contributed by atoms with Gasteiger partial charge in [0.05, 0.1) is 33.0 Å². The monoisotopic (exact) mass is 328 g/mol. The van der Waals surface area contributed by atoms with Crippen LogP contribution in [0.5, 0.6) is 0 Å². The maximum Gasteiger partial charge on any atom is 0.334 e. The first-order valence-electron chi connectivity index (χ1n) is 7.48. The molecule has 8 nitrogen and oxygen atoms in total. The standard InChI is InChI=1S/C13H20N4O4S/c18-12(15-2-6-20-7-3-15)17(11-14-1-10-22-11)13(19)16-4-8-21-9-5-16/h1-10H2. The molecule has 2 saturated heterocycles. The number of aliphatic imine (C=N–C) groups is 1. The molecule has 3 aliphatic rings. The molecule has 0 saturated carbocycles. The molecular weight excluding hydrogens is 308 g/mol. The average Bonchev–Trinajstić information content (AvgIpc) is 3.10. The number of hydrogen-bond acceptors (Lipinski definition) is 6. The molecule has 2 fully saturated rings. The Kier molecular flexibility index (Phi) is 5.16. The van der Waals surface area contributed by atoms with E-state index in [1.807, 2.05) is 0 Å². The van der Waals surface area contributed by atoms with E-state index in [4.69, 9.17) is 9.47 Å². The molecule has 4 amide bonds. The number of amides is 4. The molecule has 0 aromatic carbocycles. The average molecular weight is 328 g/mol. The zero-order valence-corrected chi connectivity index (χ0v) is 13.2. The minimum atomic E-state index is -0.298. The molecule has 0 bridgehead atoms. The smallest absolute Gasteiger partial charge is 0.334 e. The lowest BCUT2D eigenvalue weighted by Gasteiger charge is -2.35. The topological polar surface area (TPSA) is 74.7 Å². The van der Waals surface area contributed by atoms with E-state index in [-0.39, 0.29) is 12.1 Å². The second kappa shape index (κ2) is 7.30. The number of morpholine rings is 2. The summed E-state index contributed by atoms with van der Waals surface area (Å²) in [5.74, 6) is 0.804. The lowest BCUT2D eigenvalue weighted by molar-refractivity contribution is 0.0394. The molecule has 3 heterocycles. The van der Waals surface area contributed by atoms with Gasteiger partial charge in [0.15, 0.2) is 5.17 Å². The van der Waals surface area contributed by atoms with Gasteiger partial charge in [0.1, 0.15) is 0 Å². The van der Waals surface area contributed by atoms with Crippen LogP contribution in [0.3, 0.4) is 0 Å². The number of carbonyl (C=O) groups excluding carboxylic acids is 2. The second-order valence-electron chi connectivity index (χ2n) is 5.11. The van der Waals surface area contributed by atoms with Gasteiger partial charge in [-0.05, 0) is 0 Å². The third-order valence-corrected chi connectivity index (χ3v) is 4.66. The van der Waals surface area contributed by atoms with Gasteiger partial charge in [-0.15, -0.1) is 0 Å². The largest absolute Gasteiger partial charge is 0.378 e. The van der Waals surface area contributed by atoms with E-state index in [1.54, 1.807) is 9.80 Å². The van der Waals surface area contributed by atoms with E-state index in [9.17, 15) is 9.59 Å². The summed E-state index contributed by atoms with van der Waals surface area (Å²) in [4.78, 5) is 34.4. The van der Waals surface area contributed by atoms with Crippen LogP contribution in [0.2, 0.25) is 0 Å². The Morgan fingerprint density at radius 1 is 0.955 bits per heavy atom. The van der Waals surface area contributed by atoms with Crippen LogP contribution < -0.4 is 0 Å². The SMILES string of the molecule is O=C(N1CCOCC1)N(C(=O)N1CCOCC1)C1=NCCS1. The zero-order chi connectivity index (χ0) is 15.4. The second-order valence-corrected chi connectivity index (χ2v) is 6.17. The fourth-order valence-electron chi connectivity index (χ4n) is 2.50. The van der Waals surface area contributed by atoms with Gasteiger partial charge in [0.25, 0.3) is 0 Å². The summed E-state index contributed by atoms with van der Waals surface area (Å²) >= 11 is 1.45. The number of nitrogens with zero attached hydrogens (tertiary/aromatic N) is 4. The normalized spacial score (nSPS) is 22.5. The number of amidine groups is 1. The molecule has 0 aromatic rings. The first kappa shape index (κ1) is 15.6. The van der Waals surface area contributed by atoms with Crippen LogP contribution in [-0.4, -0.2) is 96.8 Å². The van der Waals surface area contributed by atoms with E-state index in [0.29, 0.717) is 64.3 Å². The predicted octanol–water partition coefficient (Wildman–Crippen LogP) is 0.296. The molecule has 0 aromatic heterocycles. The van der Waals surface area contributed by atoms with E-state index in [1.165, 1.54) is 16.7 Å². The van der Waals surface area contributed by atoms with Crippen LogP contribution >= 0.6 is 11.8 Å². The molecule has 0 atom stereocenters. The van der Waals surface area contributed by atoms with Gasteiger partial charge in [0, 0.05) is 31.9 Å². The Morgan fingerprint density at radius 3 is 1.86 bits per heavy atom. The minimum Gasteiger partial charge on any atom is -0.378 e. The lowest BCUT2D eigenvalue weighted by Crippen LogP contribution is -2.56. The van der Waals surface area contributed by atoms with Gasteiger partial charge >= 0.3 is 12.1 Å². The molecule has 122 valence electrons. The summed E-state index contributed by atoms with van der Waals surface area (Å²) in [6.07, 6.45) is 0. The van der Waals surface area contributed by atoms with E-state index >= 15 is 0 Å². The Bertz CT molecular complexity index is 431. The van der Waals surface area contributed by atoms with Crippen molar-refractivity contribution in [2.75, 3.05) is 64.9 Å². The fraction of sp³-hybridized carbons (Fsp3) is 0.769. The highest BCUT2D eigenvalue weighted by Crippen LogP contribution is 2.20. The number of urea groups is 2. The third-order valence-electron chi connectivity index (χ3n) is 3.71. The summed E-state index contributed by atoms with van der Waals surface area (Å²) in [5.41, 5.74) is 0. The van der Waals surface area contributed by atoms with Crippen LogP contribution in [-0.2, 0) is 9.47 Å². The highest BCUT2D eigenvalue weighted by atomic mass is 32.2. The van der Waals surface area contributed by atoms with Gasteiger partial charge in [-0.25, -0.2) is 9.59 Å². The van der Waals surface area contributed by atoms with Crippen LogP contribution in [0.4, 0.5) is 9.59 Å². The summed E-state index contributed by atoms with van der Waals surface area (Å²) in [6.45, 7) is 4.68. The van der Waals surface area contributed by atoms with Crippen LogP contribution in [0.25, 0.3) is 0 Å². The molecule has 22 heavy (non-hydrogen) atoms. The summed E-state index contributed by atoms with van der Waals surface area (Å²) in [6, 6.07) is -0.596. The fourth-order valence-corrected chi connectivity index (χ4v) is 3.33. The van der Waals surface area contributed by atoms with E-state index in [2.05, 4.69) is 4.99 Å². The van der Waals surface area contributed by atoms with Crippen molar-refractivity contribution < 1.29 is 19.1 Å². The van der Waals surface area contributed by atoms with Crippen LogP contribution in [0.1, 0.15) is 0 Å². The summed E-state index contributed by atoms with van der Waals surface area (Å²) in [5, 5.41) is 0.507. The van der Waals surface area contributed by atoms with E-state index in [0.717, 1.165) is 5.75 Å². The molecular formula is C13H20N4O4S. The summed E-state index contributed by atoms with van der Waals surface area (Å²) in [7, 11) is 0. The lowest BCUT2D eigenvalue weighted by atomic mass is 10.4. The number of rotatable bonds is 0. The first-order valence-corrected chi connectivity index (χ1v) is 8.46. The molecule has 0 N–H and O–H groups in total. The van der Waals surface area contributed by atoms with Crippen molar-refractivity contribution in [3.63, 3.8) is 0 Å². The molecule has 9 heteroatoms. The van der Waals surface area contributed by atoms with Crippen LogP contribution in [0.15, 0.2) is 4.99 Å². The van der Waals surface area contributed by atoms with Crippen molar-refractivity contribution >= 4 is 29.0 Å². The Balaban J connectivity index is 1.76. The molecule has 3 aliphatic heterocycles. The van der Waals surface area contributed by atoms with Gasteiger partial charge in [-0.2, -0.15) is 4.90 Å². The molecule has 0 aliphatic carbocycles. The zero-order valence-electron chi connectivity index (χ0n) is 12.4. The maximum atomic E-state index is 12.8. The third kappa shape index (κ3) is 3.36. The van der Waals surface area contributed by atoms with Crippen molar-refractivity contribution in [2.45, 2.75) is 0 Å². The Morgan fingerprint density at radius 2 is 1.45 bits per heavy atom. The Labute approximate surface area is 133 Å². The number of thioether (sulfide) groups is 1. The molecule has 3 rings (SSSR count). The number of imide groups is 1. The highest BCUT2D eigenvalue weighted by Gasteiger charge is 2.36. The highest BCUT2D eigenvalue weighted by molar-refractivity contribution is 8.14. The van der Waals surface area contributed by atoms with Crippen molar-refractivity contribution in [2.24, 2.45) is 4.99 Å². The van der Waals surface area contributed by atoms with E-state index < -0.39 is 0 Å².